The van der Waals surface area contributed by atoms with Gasteiger partial charge >= 0.3 is 0 Å². The van der Waals surface area contributed by atoms with Gasteiger partial charge in [-0.1, -0.05) is 24.3 Å². The van der Waals surface area contributed by atoms with Crippen LogP contribution in [0.4, 0.5) is 5.69 Å². The van der Waals surface area contributed by atoms with E-state index in [0.29, 0.717) is 6.04 Å². The molecule has 0 radical (unpaired) electrons. The van der Waals surface area contributed by atoms with Crippen LogP contribution in [-0.2, 0) is 6.54 Å². The van der Waals surface area contributed by atoms with Gasteiger partial charge in [-0.05, 0) is 44.4 Å². The van der Waals surface area contributed by atoms with E-state index in [4.69, 9.17) is 4.99 Å². The number of aromatic nitrogens is 1. The number of nitrogens with one attached hydrogen (secondary N) is 2. The Labute approximate surface area is 167 Å². The fourth-order valence-electron chi connectivity index (χ4n) is 3.49. The average molecular weight is 382 g/mol. The minimum atomic E-state index is 0.0604. The maximum Gasteiger partial charge on any atom is 0.250 e. The van der Waals surface area contributed by atoms with Gasteiger partial charge in [0.25, 0.3) is 0 Å². The second-order valence-corrected chi connectivity index (χ2v) is 7.11. The Morgan fingerprint density at radius 2 is 1.96 bits per heavy atom. The van der Waals surface area contributed by atoms with Gasteiger partial charge in [0, 0.05) is 56.7 Å². The van der Waals surface area contributed by atoms with E-state index in [0.717, 1.165) is 57.9 Å². The molecule has 1 saturated heterocycles. The highest BCUT2D eigenvalue weighted by Gasteiger charge is 2.23. The number of nitrogens with zero attached hydrogens (tertiary/aromatic N) is 3. The molecule has 0 bridgehead atoms. The lowest BCUT2D eigenvalue weighted by Crippen LogP contribution is -2.44. The highest BCUT2D eigenvalue weighted by molar-refractivity contribution is 5.80. The number of anilines is 1. The highest BCUT2D eigenvalue weighted by Crippen LogP contribution is 2.19. The van der Waals surface area contributed by atoms with E-state index in [1.807, 2.05) is 12.3 Å². The van der Waals surface area contributed by atoms with Crippen molar-refractivity contribution in [1.29, 1.82) is 0 Å². The van der Waals surface area contributed by atoms with Crippen molar-refractivity contribution in [2.75, 3.05) is 31.1 Å². The molecule has 2 N–H and O–H groups in total. The number of benzene rings is 1. The molecular weight excluding hydrogens is 350 g/mol. The Morgan fingerprint density at radius 3 is 2.75 bits per heavy atom. The van der Waals surface area contributed by atoms with E-state index in [9.17, 15) is 4.79 Å². The molecule has 1 fully saturated rings. The first-order valence-corrected chi connectivity index (χ1v) is 10.3. The Bertz CT molecular complexity index is 802. The van der Waals surface area contributed by atoms with Gasteiger partial charge < -0.3 is 20.1 Å². The molecule has 0 spiro atoms. The first-order valence-electron chi connectivity index (χ1n) is 10.3. The van der Waals surface area contributed by atoms with Gasteiger partial charge in [-0.25, -0.2) is 0 Å². The van der Waals surface area contributed by atoms with E-state index in [2.05, 4.69) is 52.8 Å². The lowest BCUT2D eigenvalue weighted by Gasteiger charge is -2.20. The summed E-state index contributed by atoms with van der Waals surface area (Å²) in [5, 5.41) is 6.92. The van der Waals surface area contributed by atoms with Crippen molar-refractivity contribution in [3.05, 3.63) is 65.1 Å². The smallest absolute Gasteiger partial charge is 0.250 e. The predicted molar refractivity (Wildman–Crippen MR) is 116 cm³/mol. The normalized spacial score (nSPS) is 17.0. The Balaban J connectivity index is 1.44. The first-order chi connectivity index (χ1) is 13.8. The van der Waals surface area contributed by atoms with Crippen molar-refractivity contribution < 1.29 is 0 Å². The summed E-state index contributed by atoms with van der Waals surface area (Å²) in [6, 6.07) is 16.2. The summed E-state index contributed by atoms with van der Waals surface area (Å²) in [6.07, 6.45) is 4.85. The molecule has 1 aliphatic rings. The number of rotatable bonds is 8. The highest BCUT2D eigenvalue weighted by atomic mass is 16.1. The van der Waals surface area contributed by atoms with Gasteiger partial charge in [0.05, 0.1) is 0 Å². The fraction of sp³-hybridized carbons (Fsp3) is 0.455. The standard InChI is InChI=1S/C22H31N5O/c1-2-23-22(24-14-7-9-16-26-15-8-6-12-21(26)28)25-19-13-17-27(18-19)20-10-4-3-5-11-20/h3-6,8,10-12,15,19H,2,7,9,13-14,16-18H2,1H3,(H2,23,24,25). The summed E-state index contributed by atoms with van der Waals surface area (Å²) in [4.78, 5) is 18.8. The molecule has 2 aromatic rings. The maximum atomic E-state index is 11.7. The zero-order chi connectivity index (χ0) is 19.6. The second-order valence-electron chi connectivity index (χ2n) is 7.11. The average Bonchev–Trinajstić information content (AvgIpc) is 3.18. The molecule has 6 heteroatoms. The SMILES string of the molecule is CCNC(=NCCCCn1ccccc1=O)NC1CCN(c2ccccc2)C1. The molecule has 28 heavy (non-hydrogen) atoms. The molecule has 1 aromatic carbocycles. The molecule has 1 aliphatic heterocycles. The number of unbranched alkanes of at least 4 members (excludes halogenated alkanes) is 1. The molecule has 1 atom stereocenters. The molecule has 0 saturated carbocycles. The van der Waals surface area contributed by atoms with Gasteiger partial charge in [-0.15, -0.1) is 0 Å². The zero-order valence-corrected chi connectivity index (χ0v) is 16.7. The van der Waals surface area contributed by atoms with E-state index >= 15 is 0 Å². The number of aryl methyl sites for hydroxylation is 1. The molecule has 150 valence electrons. The fourth-order valence-corrected chi connectivity index (χ4v) is 3.49. The molecule has 0 amide bonds. The summed E-state index contributed by atoms with van der Waals surface area (Å²) < 4.78 is 1.75. The summed E-state index contributed by atoms with van der Waals surface area (Å²) >= 11 is 0. The van der Waals surface area contributed by atoms with Crippen LogP contribution in [0.15, 0.2) is 64.5 Å². The summed E-state index contributed by atoms with van der Waals surface area (Å²) in [7, 11) is 0. The van der Waals surface area contributed by atoms with Crippen LogP contribution >= 0.6 is 0 Å². The topological polar surface area (TPSA) is 61.7 Å². The predicted octanol–water partition coefficient (Wildman–Crippen LogP) is 2.46. The molecular formula is C22H31N5O. The molecule has 6 nitrogen and oxygen atoms in total. The van der Waals surface area contributed by atoms with Crippen molar-refractivity contribution >= 4 is 11.6 Å². The third-order valence-electron chi connectivity index (χ3n) is 4.97. The van der Waals surface area contributed by atoms with Crippen LogP contribution in [0.1, 0.15) is 26.2 Å². The molecule has 0 aliphatic carbocycles. The second kappa shape index (κ2) is 10.5. The number of hydrogen-bond acceptors (Lipinski definition) is 3. The minimum Gasteiger partial charge on any atom is -0.369 e. The van der Waals surface area contributed by atoms with Crippen LogP contribution in [0, 0.1) is 0 Å². The lowest BCUT2D eigenvalue weighted by molar-refractivity contribution is 0.595. The Morgan fingerprint density at radius 1 is 1.14 bits per heavy atom. The van der Waals surface area contributed by atoms with Gasteiger partial charge in [0.15, 0.2) is 5.96 Å². The van der Waals surface area contributed by atoms with Crippen molar-refractivity contribution in [3.63, 3.8) is 0 Å². The number of guanidine groups is 1. The van der Waals surface area contributed by atoms with Crippen LogP contribution in [0.2, 0.25) is 0 Å². The minimum absolute atomic E-state index is 0.0604. The number of aliphatic imine (C=N–C) groups is 1. The van der Waals surface area contributed by atoms with E-state index < -0.39 is 0 Å². The monoisotopic (exact) mass is 381 g/mol. The molecule has 3 rings (SSSR count). The van der Waals surface area contributed by atoms with Crippen LogP contribution in [0.5, 0.6) is 0 Å². The third-order valence-corrected chi connectivity index (χ3v) is 4.97. The number of hydrogen-bond donors (Lipinski definition) is 2. The summed E-state index contributed by atoms with van der Waals surface area (Å²) in [5.74, 6) is 0.888. The molecule has 2 heterocycles. The van der Waals surface area contributed by atoms with Gasteiger partial charge in [0.1, 0.15) is 0 Å². The van der Waals surface area contributed by atoms with E-state index in [1.54, 1.807) is 16.7 Å². The van der Waals surface area contributed by atoms with Gasteiger partial charge in [-0.2, -0.15) is 0 Å². The van der Waals surface area contributed by atoms with Crippen molar-refractivity contribution in [2.24, 2.45) is 4.99 Å². The summed E-state index contributed by atoms with van der Waals surface area (Å²) in [6.45, 7) is 6.49. The zero-order valence-electron chi connectivity index (χ0n) is 16.7. The van der Waals surface area contributed by atoms with Crippen LogP contribution in [0.3, 0.4) is 0 Å². The lowest BCUT2D eigenvalue weighted by atomic mass is 10.2. The van der Waals surface area contributed by atoms with Crippen LogP contribution < -0.4 is 21.1 Å². The largest absolute Gasteiger partial charge is 0.369 e. The molecule has 1 aromatic heterocycles. The van der Waals surface area contributed by atoms with Gasteiger partial charge in [-0.3, -0.25) is 9.79 Å². The number of para-hydroxylation sites is 1. The van der Waals surface area contributed by atoms with Crippen molar-refractivity contribution in [3.8, 4) is 0 Å². The Hall–Kier alpha value is -2.76. The van der Waals surface area contributed by atoms with Crippen LogP contribution in [-0.4, -0.2) is 42.7 Å². The van der Waals surface area contributed by atoms with Crippen LogP contribution in [0.25, 0.3) is 0 Å². The number of pyridine rings is 1. The first kappa shape index (κ1) is 20.0. The van der Waals surface area contributed by atoms with Gasteiger partial charge in [0.2, 0.25) is 5.56 Å². The molecule has 1 unspecified atom stereocenters. The third kappa shape index (κ3) is 5.87. The summed E-state index contributed by atoms with van der Waals surface area (Å²) in [5.41, 5.74) is 1.34. The quantitative estimate of drug-likeness (QED) is 0.419. The van der Waals surface area contributed by atoms with Crippen molar-refractivity contribution in [1.82, 2.24) is 15.2 Å². The maximum absolute atomic E-state index is 11.7. The van der Waals surface area contributed by atoms with E-state index in [1.165, 1.54) is 5.69 Å². The van der Waals surface area contributed by atoms with Crippen molar-refractivity contribution in [2.45, 2.75) is 38.8 Å². The Kier molecular flexibility index (Phi) is 7.53. The van der Waals surface area contributed by atoms with E-state index in [-0.39, 0.29) is 5.56 Å².